The summed E-state index contributed by atoms with van der Waals surface area (Å²) < 4.78 is 1.68. The van der Waals surface area contributed by atoms with Gasteiger partial charge in [0, 0.05) is 45.6 Å². The molecule has 3 rings (SSSR count). The summed E-state index contributed by atoms with van der Waals surface area (Å²) in [7, 11) is 3.96. The van der Waals surface area contributed by atoms with Gasteiger partial charge in [0.05, 0.1) is 11.9 Å². The Balaban J connectivity index is 1.51. The lowest BCUT2D eigenvalue weighted by Crippen LogP contribution is -2.35. The summed E-state index contributed by atoms with van der Waals surface area (Å²) in [5, 5.41) is 7.67. The molecule has 25 heavy (non-hydrogen) atoms. The molecule has 1 aliphatic rings. The molecule has 0 bridgehead atoms. The van der Waals surface area contributed by atoms with Crippen LogP contribution in [-0.2, 0) is 11.3 Å². The molecule has 2 aromatic rings. The van der Waals surface area contributed by atoms with Crippen molar-refractivity contribution in [2.24, 2.45) is 0 Å². The number of nitrogens with one attached hydrogen (secondary N) is 1. The molecule has 0 aliphatic carbocycles. The minimum atomic E-state index is 0.140. The Hall–Kier alpha value is -2.57. The number of anilines is 2. The Bertz CT molecular complexity index is 667. The van der Waals surface area contributed by atoms with E-state index in [0.29, 0.717) is 12.6 Å². The molecule has 1 fully saturated rings. The van der Waals surface area contributed by atoms with E-state index in [-0.39, 0.29) is 5.91 Å². The SMILES string of the molecule is CN(C)c1ccc(N[C@H]2CCCN(C(=O)Cn3cccn3)CC2)cn1. The number of carbonyl (C=O) groups is 1. The van der Waals surface area contributed by atoms with Gasteiger partial charge in [-0.25, -0.2) is 4.98 Å². The van der Waals surface area contributed by atoms with Crippen LogP contribution < -0.4 is 10.2 Å². The lowest BCUT2D eigenvalue weighted by atomic mass is 10.1. The number of amides is 1. The van der Waals surface area contributed by atoms with Crippen LogP contribution in [0.1, 0.15) is 19.3 Å². The quantitative estimate of drug-likeness (QED) is 0.898. The second kappa shape index (κ2) is 8.00. The topological polar surface area (TPSA) is 66.3 Å². The van der Waals surface area contributed by atoms with Crippen molar-refractivity contribution in [2.75, 3.05) is 37.4 Å². The minimum absolute atomic E-state index is 0.140. The van der Waals surface area contributed by atoms with Gasteiger partial charge in [-0.05, 0) is 37.5 Å². The van der Waals surface area contributed by atoms with Gasteiger partial charge in [0.2, 0.25) is 5.91 Å². The van der Waals surface area contributed by atoms with Crippen LogP contribution in [0.2, 0.25) is 0 Å². The summed E-state index contributed by atoms with van der Waals surface area (Å²) in [4.78, 5) is 20.8. The first kappa shape index (κ1) is 17.3. The van der Waals surface area contributed by atoms with E-state index in [1.54, 1.807) is 10.9 Å². The smallest absolute Gasteiger partial charge is 0.244 e. The zero-order chi connectivity index (χ0) is 17.6. The fourth-order valence-corrected chi connectivity index (χ4v) is 3.09. The zero-order valence-electron chi connectivity index (χ0n) is 14.9. The second-order valence-electron chi connectivity index (χ2n) is 6.66. The Labute approximate surface area is 148 Å². The maximum atomic E-state index is 12.4. The van der Waals surface area contributed by atoms with Crippen LogP contribution >= 0.6 is 0 Å². The molecule has 0 saturated carbocycles. The molecule has 1 saturated heterocycles. The van der Waals surface area contributed by atoms with Crippen molar-refractivity contribution in [3.05, 3.63) is 36.8 Å². The largest absolute Gasteiger partial charge is 0.381 e. The van der Waals surface area contributed by atoms with Crippen LogP contribution in [0.25, 0.3) is 0 Å². The molecule has 0 spiro atoms. The summed E-state index contributed by atoms with van der Waals surface area (Å²) >= 11 is 0. The van der Waals surface area contributed by atoms with E-state index >= 15 is 0 Å². The number of pyridine rings is 1. The van der Waals surface area contributed by atoms with Gasteiger partial charge in [0.1, 0.15) is 12.4 Å². The predicted molar refractivity (Wildman–Crippen MR) is 98.6 cm³/mol. The van der Waals surface area contributed by atoms with Crippen LogP contribution in [0, 0.1) is 0 Å². The predicted octanol–water partition coefficient (Wildman–Crippen LogP) is 1.84. The third-order valence-corrected chi connectivity index (χ3v) is 4.51. The van der Waals surface area contributed by atoms with Gasteiger partial charge in [-0.1, -0.05) is 0 Å². The lowest BCUT2D eigenvalue weighted by Gasteiger charge is -2.21. The van der Waals surface area contributed by atoms with Crippen molar-refractivity contribution in [2.45, 2.75) is 31.8 Å². The van der Waals surface area contributed by atoms with E-state index in [1.807, 2.05) is 48.4 Å². The number of carbonyl (C=O) groups excluding carboxylic acids is 1. The molecule has 0 unspecified atom stereocenters. The zero-order valence-corrected chi connectivity index (χ0v) is 14.9. The Morgan fingerprint density at radius 2 is 2.20 bits per heavy atom. The van der Waals surface area contributed by atoms with Crippen molar-refractivity contribution >= 4 is 17.4 Å². The van der Waals surface area contributed by atoms with Crippen LogP contribution in [0.3, 0.4) is 0 Å². The minimum Gasteiger partial charge on any atom is -0.381 e. The molecule has 1 N–H and O–H groups in total. The standard InChI is InChI=1S/C18H26N6O/c1-22(2)17-7-6-16(13-19-17)21-15-5-3-10-23(12-8-15)18(25)14-24-11-4-9-20-24/h4,6-7,9,11,13,15,21H,3,5,8,10,12,14H2,1-2H3/t15-/m0/s1. The maximum absolute atomic E-state index is 12.4. The lowest BCUT2D eigenvalue weighted by molar-refractivity contribution is -0.132. The second-order valence-corrected chi connectivity index (χ2v) is 6.66. The van der Waals surface area contributed by atoms with Gasteiger partial charge < -0.3 is 15.1 Å². The van der Waals surface area contributed by atoms with E-state index in [1.165, 1.54) is 0 Å². The average molecular weight is 342 g/mol. The normalized spacial score (nSPS) is 17.8. The summed E-state index contributed by atoms with van der Waals surface area (Å²) in [5.41, 5.74) is 1.03. The molecule has 0 radical (unpaired) electrons. The van der Waals surface area contributed by atoms with Crippen molar-refractivity contribution in [3.63, 3.8) is 0 Å². The number of aromatic nitrogens is 3. The van der Waals surface area contributed by atoms with Crippen molar-refractivity contribution in [3.8, 4) is 0 Å². The number of likely N-dealkylation sites (tertiary alicyclic amines) is 1. The molecule has 7 nitrogen and oxygen atoms in total. The molecule has 1 amide bonds. The number of hydrogen-bond donors (Lipinski definition) is 1. The summed E-state index contributed by atoms with van der Waals surface area (Å²) in [6.45, 7) is 1.91. The Morgan fingerprint density at radius 3 is 2.88 bits per heavy atom. The third-order valence-electron chi connectivity index (χ3n) is 4.51. The van der Waals surface area contributed by atoms with Crippen molar-refractivity contribution in [1.82, 2.24) is 19.7 Å². The first-order valence-corrected chi connectivity index (χ1v) is 8.77. The Kier molecular flexibility index (Phi) is 5.53. The van der Waals surface area contributed by atoms with Gasteiger partial charge in [0.15, 0.2) is 0 Å². The Morgan fingerprint density at radius 1 is 1.32 bits per heavy atom. The maximum Gasteiger partial charge on any atom is 0.244 e. The monoisotopic (exact) mass is 342 g/mol. The fourth-order valence-electron chi connectivity index (χ4n) is 3.09. The highest BCUT2D eigenvalue weighted by Gasteiger charge is 2.20. The molecule has 134 valence electrons. The van der Waals surface area contributed by atoms with Crippen molar-refractivity contribution < 1.29 is 4.79 Å². The van der Waals surface area contributed by atoms with Gasteiger partial charge in [-0.2, -0.15) is 5.10 Å². The van der Waals surface area contributed by atoms with Crippen LogP contribution in [0.4, 0.5) is 11.5 Å². The van der Waals surface area contributed by atoms with Gasteiger partial charge in [-0.15, -0.1) is 0 Å². The van der Waals surface area contributed by atoms with Crippen LogP contribution in [0.5, 0.6) is 0 Å². The van der Waals surface area contributed by atoms with Gasteiger partial charge >= 0.3 is 0 Å². The van der Waals surface area contributed by atoms with E-state index in [9.17, 15) is 4.79 Å². The van der Waals surface area contributed by atoms with E-state index < -0.39 is 0 Å². The fraction of sp³-hybridized carbons (Fsp3) is 0.500. The van der Waals surface area contributed by atoms with E-state index in [0.717, 1.165) is 43.9 Å². The van der Waals surface area contributed by atoms with Gasteiger partial charge in [0.25, 0.3) is 0 Å². The molecule has 3 heterocycles. The summed E-state index contributed by atoms with van der Waals surface area (Å²) in [6.07, 6.45) is 8.41. The average Bonchev–Trinajstić information content (AvgIpc) is 2.99. The first-order valence-electron chi connectivity index (χ1n) is 8.77. The first-order chi connectivity index (χ1) is 12.1. The summed E-state index contributed by atoms with van der Waals surface area (Å²) in [5.74, 6) is 1.09. The van der Waals surface area contributed by atoms with E-state index in [4.69, 9.17) is 0 Å². The molecule has 0 aromatic carbocycles. The molecule has 1 atom stereocenters. The number of hydrogen-bond acceptors (Lipinski definition) is 5. The highest BCUT2D eigenvalue weighted by molar-refractivity contribution is 5.75. The summed E-state index contributed by atoms with van der Waals surface area (Å²) in [6, 6.07) is 6.28. The number of rotatable bonds is 5. The highest BCUT2D eigenvalue weighted by atomic mass is 16.2. The van der Waals surface area contributed by atoms with E-state index in [2.05, 4.69) is 21.5 Å². The third kappa shape index (κ3) is 4.71. The molecular weight excluding hydrogens is 316 g/mol. The van der Waals surface area contributed by atoms with Gasteiger partial charge in [-0.3, -0.25) is 9.48 Å². The van der Waals surface area contributed by atoms with Crippen LogP contribution in [-0.4, -0.2) is 58.8 Å². The molecule has 7 heteroatoms. The molecule has 1 aliphatic heterocycles. The highest BCUT2D eigenvalue weighted by Crippen LogP contribution is 2.18. The molecular formula is C18H26N6O. The van der Waals surface area contributed by atoms with Crippen LogP contribution in [0.15, 0.2) is 36.8 Å². The number of nitrogens with zero attached hydrogens (tertiary/aromatic N) is 5. The van der Waals surface area contributed by atoms with Crippen molar-refractivity contribution in [1.29, 1.82) is 0 Å². The molecule has 2 aromatic heterocycles.